The van der Waals surface area contributed by atoms with Crippen molar-refractivity contribution in [2.75, 3.05) is 18.6 Å². The SMILES string of the molecule is CN(C(=O)c1cc(F)cc(-c2cccc(C#N)c2)c1)C1CCS(=O)(=O)CC1. The maximum atomic E-state index is 14.1. The van der Waals surface area contributed by atoms with Gasteiger partial charge in [-0.3, -0.25) is 4.79 Å². The van der Waals surface area contributed by atoms with Crippen molar-refractivity contribution in [3.8, 4) is 17.2 Å². The van der Waals surface area contributed by atoms with Gasteiger partial charge in [0.15, 0.2) is 0 Å². The van der Waals surface area contributed by atoms with E-state index in [4.69, 9.17) is 5.26 Å². The van der Waals surface area contributed by atoms with Gasteiger partial charge in [0.2, 0.25) is 0 Å². The number of carbonyl (C=O) groups is 1. The van der Waals surface area contributed by atoms with E-state index in [2.05, 4.69) is 0 Å². The van der Waals surface area contributed by atoms with E-state index in [1.165, 1.54) is 17.0 Å². The average molecular weight is 386 g/mol. The Morgan fingerprint density at radius 1 is 1.15 bits per heavy atom. The van der Waals surface area contributed by atoms with E-state index < -0.39 is 15.7 Å². The number of hydrogen-bond donors (Lipinski definition) is 0. The Morgan fingerprint density at radius 2 is 1.85 bits per heavy atom. The van der Waals surface area contributed by atoms with Gasteiger partial charge in [-0.25, -0.2) is 12.8 Å². The van der Waals surface area contributed by atoms with E-state index >= 15 is 0 Å². The molecular weight excluding hydrogens is 367 g/mol. The molecule has 2 aromatic carbocycles. The maximum absolute atomic E-state index is 14.1. The van der Waals surface area contributed by atoms with Crippen LogP contribution in [0.4, 0.5) is 4.39 Å². The topological polar surface area (TPSA) is 78.2 Å². The van der Waals surface area contributed by atoms with Gasteiger partial charge in [0.1, 0.15) is 15.7 Å². The van der Waals surface area contributed by atoms with Crippen molar-refractivity contribution >= 4 is 15.7 Å². The normalized spacial score (nSPS) is 16.5. The van der Waals surface area contributed by atoms with Crippen molar-refractivity contribution in [1.29, 1.82) is 5.26 Å². The largest absolute Gasteiger partial charge is 0.339 e. The molecule has 140 valence electrons. The predicted octanol–water partition coefficient (Wildman–Crippen LogP) is 3.01. The first-order valence-corrected chi connectivity index (χ1v) is 10.4. The van der Waals surface area contributed by atoms with Crippen molar-refractivity contribution in [1.82, 2.24) is 4.90 Å². The Hall–Kier alpha value is -2.72. The molecule has 0 aliphatic carbocycles. The second-order valence-electron chi connectivity index (χ2n) is 6.72. The van der Waals surface area contributed by atoms with E-state index in [9.17, 15) is 17.6 Å². The van der Waals surface area contributed by atoms with Crippen LogP contribution >= 0.6 is 0 Å². The Labute approximate surface area is 158 Å². The summed E-state index contributed by atoms with van der Waals surface area (Å²) in [5, 5.41) is 9.03. The van der Waals surface area contributed by atoms with Crippen molar-refractivity contribution < 1.29 is 17.6 Å². The van der Waals surface area contributed by atoms with Gasteiger partial charge in [0, 0.05) is 18.7 Å². The molecule has 1 heterocycles. The summed E-state index contributed by atoms with van der Waals surface area (Å²) < 4.78 is 37.3. The van der Waals surface area contributed by atoms with Crippen LogP contribution in [0, 0.1) is 17.1 Å². The van der Waals surface area contributed by atoms with Gasteiger partial charge < -0.3 is 4.90 Å². The van der Waals surface area contributed by atoms with Crippen LogP contribution in [0.5, 0.6) is 0 Å². The lowest BCUT2D eigenvalue weighted by Gasteiger charge is -2.31. The lowest BCUT2D eigenvalue weighted by molar-refractivity contribution is 0.0721. The minimum absolute atomic E-state index is 0.0602. The van der Waals surface area contributed by atoms with Crippen LogP contribution in [0.25, 0.3) is 11.1 Å². The van der Waals surface area contributed by atoms with Gasteiger partial charge >= 0.3 is 0 Å². The van der Waals surface area contributed by atoms with Crippen LogP contribution in [0.1, 0.15) is 28.8 Å². The summed E-state index contributed by atoms with van der Waals surface area (Å²) in [7, 11) is -1.40. The third kappa shape index (κ3) is 4.34. The van der Waals surface area contributed by atoms with Gasteiger partial charge in [0.05, 0.1) is 23.1 Å². The predicted molar refractivity (Wildman–Crippen MR) is 100 cm³/mol. The molecule has 0 aromatic heterocycles. The minimum atomic E-state index is -3.02. The molecular formula is C20H19FN2O3S. The zero-order valence-electron chi connectivity index (χ0n) is 14.9. The summed E-state index contributed by atoms with van der Waals surface area (Å²) in [6.45, 7) is 0. The summed E-state index contributed by atoms with van der Waals surface area (Å²) in [5.74, 6) is -0.774. The number of amides is 1. The Morgan fingerprint density at radius 3 is 2.52 bits per heavy atom. The molecule has 0 atom stereocenters. The molecule has 5 nitrogen and oxygen atoms in total. The van der Waals surface area contributed by atoms with Gasteiger partial charge in [-0.1, -0.05) is 12.1 Å². The number of rotatable bonds is 3. The summed E-state index contributed by atoms with van der Waals surface area (Å²) in [5.41, 5.74) is 1.80. The standard InChI is InChI=1S/C20H19FN2O3S/c1-23(19-5-7-27(25,26)8-6-19)20(24)17-10-16(11-18(21)12-17)15-4-2-3-14(9-15)13-22/h2-4,9-12,19H,5-8H2,1H3. The molecule has 3 rings (SSSR count). The minimum Gasteiger partial charge on any atom is -0.339 e. The van der Waals surface area contributed by atoms with Crippen molar-refractivity contribution in [3.05, 3.63) is 59.4 Å². The number of sulfone groups is 1. The van der Waals surface area contributed by atoms with Crippen LogP contribution in [0.3, 0.4) is 0 Å². The van der Waals surface area contributed by atoms with Crippen LogP contribution in [-0.2, 0) is 9.84 Å². The second kappa shape index (κ2) is 7.49. The summed E-state index contributed by atoms with van der Waals surface area (Å²) in [6, 6.07) is 12.7. The zero-order valence-corrected chi connectivity index (χ0v) is 15.7. The molecule has 1 saturated heterocycles. The molecule has 1 aliphatic heterocycles. The molecule has 2 aromatic rings. The number of halogens is 1. The smallest absolute Gasteiger partial charge is 0.253 e. The lowest BCUT2D eigenvalue weighted by Crippen LogP contribution is -2.42. The van der Waals surface area contributed by atoms with E-state index in [0.29, 0.717) is 29.5 Å². The molecule has 0 saturated carbocycles. The highest BCUT2D eigenvalue weighted by Gasteiger charge is 2.29. The van der Waals surface area contributed by atoms with Crippen molar-refractivity contribution in [2.24, 2.45) is 0 Å². The molecule has 0 unspecified atom stereocenters. The lowest BCUT2D eigenvalue weighted by atomic mass is 10.00. The monoisotopic (exact) mass is 386 g/mol. The third-order valence-corrected chi connectivity index (χ3v) is 6.58. The van der Waals surface area contributed by atoms with Crippen molar-refractivity contribution in [3.63, 3.8) is 0 Å². The molecule has 7 heteroatoms. The number of hydrogen-bond acceptors (Lipinski definition) is 4. The average Bonchev–Trinajstić information content (AvgIpc) is 2.66. The van der Waals surface area contributed by atoms with Crippen LogP contribution < -0.4 is 0 Å². The second-order valence-corrected chi connectivity index (χ2v) is 9.02. The van der Waals surface area contributed by atoms with Crippen LogP contribution in [0.15, 0.2) is 42.5 Å². The molecule has 1 amide bonds. The number of carbonyl (C=O) groups excluding carboxylic acids is 1. The maximum Gasteiger partial charge on any atom is 0.253 e. The highest BCUT2D eigenvalue weighted by atomic mass is 32.2. The molecule has 0 N–H and O–H groups in total. The zero-order chi connectivity index (χ0) is 19.6. The first kappa shape index (κ1) is 19.1. The first-order valence-electron chi connectivity index (χ1n) is 8.58. The molecule has 1 fully saturated rings. The van der Waals surface area contributed by atoms with Crippen molar-refractivity contribution in [2.45, 2.75) is 18.9 Å². The van der Waals surface area contributed by atoms with Gasteiger partial charge in [-0.2, -0.15) is 5.26 Å². The Balaban J connectivity index is 1.87. The summed E-state index contributed by atoms with van der Waals surface area (Å²) in [6.07, 6.45) is 0.772. The first-order chi connectivity index (χ1) is 12.8. The van der Waals surface area contributed by atoms with E-state index in [1.54, 1.807) is 37.4 Å². The Kier molecular flexibility index (Phi) is 5.29. The Bertz CT molecular complexity index is 1010. The fourth-order valence-electron chi connectivity index (χ4n) is 3.28. The van der Waals surface area contributed by atoms with Crippen LogP contribution in [-0.4, -0.2) is 43.8 Å². The highest BCUT2D eigenvalue weighted by molar-refractivity contribution is 7.91. The van der Waals surface area contributed by atoms with Gasteiger partial charge in [0.25, 0.3) is 5.91 Å². The van der Waals surface area contributed by atoms with Gasteiger partial charge in [-0.15, -0.1) is 0 Å². The van der Waals surface area contributed by atoms with E-state index in [0.717, 1.165) is 0 Å². The highest BCUT2D eigenvalue weighted by Crippen LogP contribution is 2.25. The fraction of sp³-hybridized carbons (Fsp3) is 0.300. The van der Waals surface area contributed by atoms with Gasteiger partial charge in [-0.05, 0) is 54.3 Å². The number of nitrogens with zero attached hydrogens (tertiary/aromatic N) is 2. The summed E-state index contributed by atoms with van der Waals surface area (Å²) >= 11 is 0. The van der Waals surface area contributed by atoms with E-state index in [1.807, 2.05) is 6.07 Å². The molecule has 27 heavy (non-hydrogen) atoms. The fourth-order valence-corrected chi connectivity index (χ4v) is 4.75. The van der Waals surface area contributed by atoms with Crippen LogP contribution in [0.2, 0.25) is 0 Å². The number of benzene rings is 2. The molecule has 0 radical (unpaired) electrons. The number of nitriles is 1. The molecule has 0 bridgehead atoms. The quantitative estimate of drug-likeness (QED) is 0.812. The third-order valence-electron chi connectivity index (χ3n) is 4.86. The summed E-state index contributed by atoms with van der Waals surface area (Å²) in [4.78, 5) is 14.3. The molecule has 1 aliphatic rings. The van der Waals surface area contributed by atoms with E-state index in [-0.39, 0.29) is 29.0 Å². The molecule has 0 spiro atoms.